The van der Waals surface area contributed by atoms with Crippen molar-refractivity contribution in [1.29, 1.82) is 0 Å². The Bertz CT molecular complexity index is 775. The summed E-state index contributed by atoms with van der Waals surface area (Å²) in [4.78, 5) is 4.22. The van der Waals surface area contributed by atoms with Crippen LogP contribution in [0.15, 0.2) is 47.5 Å². The van der Waals surface area contributed by atoms with Crippen LogP contribution >= 0.6 is 24.0 Å². The van der Waals surface area contributed by atoms with E-state index in [0.717, 1.165) is 23.8 Å². The van der Waals surface area contributed by atoms with E-state index >= 15 is 0 Å². The van der Waals surface area contributed by atoms with Gasteiger partial charge >= 0.3 is 0 Å². The summed E-state index contributed by atoms with van der Waals surface area (Å²) < 4.78 is 32.5. The predicted molar refractivity (Wildman–Crippen MR) is 117 cm³/mol. The fourth-order valence-corrected chi connectivity index (χ4v) is 2.34. The summed E-state index contributed by atoms with van der Waals surface area (Å²) in [6.45, 7) is 4.74. The molecular formula is C20H26F2IN3O2. The molecule has 8 heteroatoms. The van der Waals surface area contributed by atoms with Gasteiger partial charge in [-0.05, 0) is 49.7 Å². The number of nitrogens with zero attached hydrogens (tertiary/aromatic N) is 1. The summed E-state index contributed by atoms with van der Waals surface area (Å²) in [6, 6.07) is 10.8. The molecular weight excluding hydrogens is 479 g/mol. The molecule has 154 valence electrons. The monoisotopic (exact) mass is 505 g/mol. The third-order valence-corrected chi connectivity index (χ3v) is 3.70. The maximum atomic E-state index is 13.7. The average Bonchev–Trinajstić information content (AvgIpc) is 2.65. The first kappa shape index (κ1) is 24.1. The lowest BCUT2D eigenvalue weighted by molar-refractivity contribution is 0.110. The van der Waals surface area contributed by atoms with Crippen molar-refractivity contribution in [2.45, 2.75) is 26.5 Å². The van der Waals surface area contributed by atoms with Gasteiger partial charge in [0, 0.05) is 18.7 Å². The number of guanidine groups is 1. The molecule has 2 rings (SSSR count). The van der Waals surface area contributed by atoms with E-state index in [1.165, 1.54) is 0 Å². The van der Waals surface area contributed by atoms with Crippen molar-refractivity contribution in [2.24, 2.45) is 4.99 Å². The number of aliphatic hydroxyl groups excluding tert-OH is 1. The number of hydrogen-bond donors (Lipinski definition) is 3. The Morgan fingerprint density at radius 3 is 2.68 bits per heavy atom. The van der Waals surface area contributed by atoms with Gasteiger partial charge in [-0.3, -0.25) is 0 Å². The van der Waals surface area contributed by atoms with E-state index in [9.17, 15) is 13.9 Å². The minimum atomic E-state index is -0.764. The minimum Gasteiger partial charge on any atom is -0.491 e. The minimum absolute atomic E-state index is 0. The van der Waals surface area contributed by atoms with Crippen LogP contribution in [0.25, 0.3) is 0 Å². The summed E-state index contributed by atoms with van der Waals surface area (Å²) in [5.41, 5.74) is 1.24. The first-order valence-corrected chi connectivity index (χ1v) is 8.81. The number of benzene rings is 2. The third-order valence-electron chi connectivity index (χ3n) is 3.70. The number of hydrogen-bond acceptors (Lipinski definition) is 3. The molecule has 0 saturated heterocycles. The maximum Gasteiger partial charge on any atom is 0.191 e. The lowest BCUT2D eigenvalue weighted by Gasteiger charge is -2.16. The van der Waals surface area contributed by atoms with Gasteiger partial charge in [-0.1, -0.05) is 12.1 Å². The molecule has 2 aromatic rings. The molecule has 0 radical (unpaired) electrons. The highest BCUT2D eigenvalue weighted by molar-refractivity contribution is 14.0. The Kier molecular flexibility index (Phi) is 10.8. The van der Waals surface area contributed by atoms with E-state index in [2.05, 4.69) is 15.6 Å². The van der Waals surface area contributed by atoms with E-state index in [1.807, 2.05) is 38.1 Å². The Morgan fingerprint density at radius 2 is 1.96 bits per heavy atom. The summed E-state index contributed by atoms with van der Waals surface area (Å²) >= 11 is 0. The Balaban J connectivity index is 0.00000392. The second-order valence-corrected chi connectivity index (χ2v) is 6.09. The topological polar surface area (TPSA) is 65.9 Å². The summed E-state index contributed by atoms with van der Waals surface area (Å²) in [5, 5.41) is 16.0. The standard InChI is InChI=1S/C20H25F2N3O2.HI/c1-3-23-20(24-11-15-10-16(21)7-8-19(15)22)25-12-17(26)13-27-18-6-4-5-14(2)9-18;/h4-10,17,26H,3,11-13H2,1-2H3,(H2,23,24,25);1H. The van der Waals surface area contributed by atoms with E-state index in [1.54, 1.807) is 0 Å². The average molecular weight is 505 g/mol. The van der Waals surface area contributed by atoms with Crippen LogP contribution in [0, 0.1) is 18.6 Å². The highest BCUT2D eigenvalue weighted by Gasteiger charge is 2.08. The number of rotatable bonds is 8. The maximum absolute atomic E-state index is 13.7. The number of nitrogens with one attached hydrogen (secondary N) is 2. The largest absolute Gasteiger partial charge is 0.491 e. The zero-order valence-corrected chi connectivity index (χ0v) is 18.2. The van der Waals surface area contributed by atoms with Crippen molar-refractivity contribution in [2.75, 3.05) is 19.7 Å². The van der Waals surface area contributed by atoms with Crippen molar-refractivity contribution in [3.8, 4) is 5.75 Å². The van der Waals surface area contributed by atoms with Gasteiger partial charge in [0.1, 0.15) is 30.1 Å². The first-order chi connectivity index (χ1) is 13.0. The van der Waals surface area contributed by atoms with Gasteiger partial charge in [0.2, 0.25) is 0 Å². The number of ether oxygens (including phenoxy) is 1. The van der Waals surface area contributed by atoms with Crippen LogP contribution in [0.4, 0.5) is 8.78 Å². The number of halogens is 3. The van der Waals surface area contributed by atoms with Crippen molar-refractivity contribution >= 4 is 29.9 Å². The second-order valence-electron chi connectivity index (χ2n) is 6.09. The van der Waals surface area contributed by atoms with Crippen LogP contribution in [0.1, 0.15) is 18.1 Å². The van der Waals surface area contributed by atoms with Gasteiger partial charge in [0.05, 0.1) is 6.54 Å². The van der Waals surface area contributed by atoms with Crippen LogP contribution in [-0.4, -0.2) is 36.9 Å². The van der Waals surface area contributed by atoms with Gasteiger partial charge in [0.15, 0.2) is 5.96 Å². The van der Waals surface area contributed by atoms with Crippen LogP contribution in [0.3, 0.4) is 0 Å². The molecule has 0 aromatic heterocycles. The highest BCUT2D eigenvalue weighted by Crippen LogP contribution is 2.12. The Labute approximate surface area is 181 Å². The molecule has 0 amide bonds. The van der Waals surface area contributed by atoms with Gasteiger partial charge in [0.25, 0.3) is 0 Å². The van der Waals surface area contributed by atoms with Crippen LogP contribution in [0.2, 0.25) is 0 Å². The van der Waals surface area contributed by atoms with Crippen molar-refractivity contribution in [3.05, 3.63) is 65.2 Å². The molecule has 0 aliphatic heterocycles. The number of aryl methyl sites for hydroxylation is 1. The van der Waals surface area contributed by atoms with Gasteiger partial charge in [-0.25, -0.2) is 13.8 Å². The van der Waals surface area contributed by atoms with Crippen molar-refractivity contribution in [1.82, 2.24) is 10.6 Å². The predicted octanol–water partition coefficient (Wildman–Crippen LogP) is 3.39. The van der Waals surface area contributed by atoms with Gasteiger partial charge in [-0.2, -0.15) is 0 Å². The normalized spacial score (nSPS) is 12.1. The zero-order valence-electron chi connectivity index (χ0n) is 15.9. The third kappa shape index (κ3) is 8.39. The van der Waals surface area contributed by atoms with Gasteiger partial charge in [-0.15, -0.1) is 24.0 Å². The Hall–Kier alpha value is -1.94. The summed E-state index contributed by atoms with van der Waals surface area (Å²) in [6.07, 6.45) is -0.764. The number of aliphatic hydroxyl groups is 1. The molecule has 0 aliphatic carbocycles. The van der Waals surface area contributed by atoms with E-state index in [-0.39, 0.29) is 49.2 Å². The molecule has 2 aromatic carbocycles. The van der Waals surface area contributed by atoms with E-state index in [4.69, 9.17) is 4.74 Å². The molecule has 0 bridgehead atoms. The lowest BCUT2D eigenvalue weighted by atomic mass is 10.2. The van der Waals surface area contributed by atoms with Crippen molar-refractivity contribution < 1.29 is 18.6 Å². The highest BCUT2D eigenvalue weighted by atomic mass is 127. The van der Waals surface area contributed by atoms with Crippen LogP contribution in [-0.2, 0) is 6.54 Å². The molecule has 0 heterocycles. The zero-order chi connectivity index (χ0) is 19.6. The van der Waals surface area contributed by atoms with Crippen molar-refractivity contribution in [3.63, 3.8) is 0 Å². The molecule has 3 N–H and O–H groups in total. The molecule has 0 aliphatic rings. The Morgan fingerprint density at radius 1 is 1.18 bits per heavy atom. The molecule has 1 atom stereocenters. The molecule has 28 heavy (non-hydrogen) atoms. The molecule has 1 unspecified atom stereocenters. The quantitative estimate of drug-likeness (QED) is 0.293. The fourth-order valence-electron chi connectivity index (χ4n) is 2.34. The summed E-state index contributed by atoms with van der Waals surface area (Å²) in [5.74, 6) is 0.0674. The molecule has 0 saturated carbocycles. The van der Waals surface area contributed by atoms with E-state index in [0.29, 0.717) is 18.3 Å². The summed E-state index contributed by atoms with van der Waals surface area (Å²) in [7, 11) is 0. The second kappa shape index (κ2) is 12.5. The lowest BCUT2D eigenvalue weighted by Crippen LogP contribution is -2.42. The number of aliphatic imine (C=N–C) groups is 1. The van der Waals surface area contributed by atoms with E-state index < -0.39 is 17.7 Å². The fraction of sp³-hybridized carbons (Fsp3) is 0.350. The SMILES string of the molecule is CCNC(=NCc1cc(F)ccc1F)NCC(O)COc1cccc(C)c1.I. The van der Waals surface area contributed by atoms with Gasteiger partial charge < -0.3 is 20.5 Å². The van der Waals surface area contributed by atoms with Crippen LogP contribution in [0.5, 0.6) is 5.75 Å². The van der Waals surface area contributed by atoms with Crippen LogP contribution < -0.4 is 15.4 Å². The first-order valence-electron chi connectivity index (χ1n) is 8.81. The smallest absolute Gasteiger partial charge is 0.191 e. The molecule has 0 spiro atoms. The molecule has 0 fully saturated rings. The molecule has 5 nitrogen and oxygen atoms in total.